The molecule has 2 heterocycles. The van der Waals surface area contributed by atoms with Gasteiger partial charge in [0.25, 0.3) is 0 Å². The van der Waals surface area contributed by atoms with Crippen LogP contribution in [0.15, 0.2) is 48.9 Å². The molecule has 0 aliphatic rings. The summed E-state index contributed by atoms with van der Waals surface area (Å²) in [5.41, 5.74) is 0.336. The summed E-state index contributed by atoms with van der Waals surface area (Å²) in [5.74, 6) is 0.320. The molecule has 8 heteroatoms. The fraction of sp³-hybridized carbons (Fsp3) is 0.235. The van der Waals surface area contributed by atoms with Crippen molar-refractivity contribution in [1.29, 1.82) is 0 Å². The summed E-state index contributed by atoms with van der Waals surface area (Å²) in [6, 6.07) is 6.18. The zero-order valence-electron chi connectivity index (χ0n) is 13.0. The highest BCUT2D eigenvalue weighted by atomic mass is 19.4. The first-order valence-electron chi connectivity index (χ1n) is 7.60. The Morgan fingerprint density at radius 2 is 1.76 bits per heavy atom. The number of anilines is 1. The highest BCUT2D eigenvalue weighted by Gasteiger charge is 2.35. The van der Waals surface area contributed by atoms with Crippen LogP contribution in [0.25, 0.3) is 11.0 Å². The Kier molecular flexibility index (Phi) is 4.80. The van der Waals surface area contributed by atoms with Crippen LogP contribution in [0.5, 0.6) is 0 Å². The normalized spacial score (nSPS) is 13.0. The lowest BCUT2D eigenvalue weighted by Gasteiger charge is -2.23. The van der Waals surface area contributed by atoms with E-state index < -0.39 is 17.8 Å². The van der Waals surface area contributed by atoms with Crippen LogP contribution in [0, 0.1) is 0 Å². The van der Waals surface area contributed by atoms with E-state index in [4.69, 9.17) is 0 Å². The largest absolute Gasteiger partial charge is 0.416 e. The van der Waals surface area contributed by atoms with Gasteiger partial charge in [-0.1, -0.05) is 18.2 Å². The van der Waals surface area contributed by atoms with Gasteiger partial charge in [-0.15, -0.1) is 0 Å². The third-order valence-corrected chi connectivity index (χ3v) is 3.76. The first kappa shape index (κ1) is 17.1. The number of hydrogen-bond acceptors (Lipinski definition) is 5. The fourth-order valence-electron chi connectivity index (χ4n) is 2.66. The summed E-state index contributed by atoms with van der Waals surface area (Å²) in [6.07, 6.45) is 0.116. The second-order valence-corrected chi connectivity index (χ2v) is 5.38. The van der Waals surface area contributed by atoms with Gasteiger partial charge in [0.15, 0.2) is 5.82 Å². The van der Waals surface area contributed by atoms with Gasteiger partial charge >= 0.3 is 6.18 Å². The van der Waals surface area contributed by atoms with Crippen LogP contribution in [0.2, 0.25) is 0 Å². The number of benzene rings is 1. The molecule has 0 saturated heterocycles. The molecule has 0 fully saturated rings. The Hall–Kier alpha value is -2.74. The number of aliphatic hydroxyl groups excluding tert-OH is 1. The van der Waals surface area contributed by atoms with Crippen LogP contribution in [0.3, 0.4) is 0 Å². The number of alkyl halides is 3. The fourth-order valence-corrected chi connectivity index (χ4v) is 2.66. The van der Waals surface area contributed by atoms with Gasteiger partial charge in [-0.25, -0.2) is 9.97 Å². The average molecular weight is 348 g/mol. The zero-order valence-corrected chi connectivity index (χ0v) is 13.0. The molecule has 1 atom stereocenters. The Labute approximate surface area is 141 Å². The lowest BCUT2D eigenvalue weighted by atomic mass is 9.97. The molecular formula is C17H15F3N4O. The van der Waals surface area contributed by atoms with E-state index in [9.17, 15) is 18.3 Å². The molecule has 0 saturated carbocycles. The molecule has 0 radical (unpaired) electrons. The minimum Gasteiger partial charge on any atom is -0.396 e. The van der Waals surface area contributed by atoms with E-state index in [1.165, 1.54) is 36.8 Å². The lowest BCUT2D eigenvalue weighted by molar-refractivity contribution is -0.138. The predicted octanol–water partition coefficient (Wildman–Crippen LogP) is 3.58. The van der Waals surface area contributed by atoms with Gasteiger partial charge in [-0.3, -0.25) is 4.98 Å². The standard InChI is InChI=1S/C17H15F3N4O/c18-17(19,20)12-4-2-1-3-11(12)13(6-10-25)24-16-15-14(5-7-23-16)21-8-9-22-15/h1-5,7-9,13,25H,6,10H2,(H,23,24). The summed E-state index contributed by atoms with van der Waals surface area (Å²) in [6.45, 7) is -0.277. The van der Waals surface area contributed by atoms with E-state index in [1.807, 2.05) is 0 Å². The molecule has 1 aromatic carbocycles. The SMILES string of the molecule is OCCC(Nc1nccc2nccnc12)c1ccccc1C(F)(F)F. The van der Waals surface area contributed by atoms with Crippen molar-refractivity contribution >= 4 is 16.9 Å². The zero-order chi connectivity index (χ0) is 17.9. The van der Waals surface area contributed by atoms with Crippen LogP contribution in [0.4, 0.5) is 19.0 Å². The van der Waals surface area contributed by atoms with Crippen LogP contribution >= 0.6 is 0 Å². The maximum Gasteiger partial charge on any atom is 0.416 e. The Bertz CT molecular complexity index is 864. The summed E-state index contributed by atoms with van der Waals surface area (Å²) < 4.78 is 39.9. The Morgan fingerprint density at radius 1 is 1.00 bits per heavy atom. The van der Waals surface area contributed by atoms with E-state index in [1.54, 1.807) is 6.07 Å². The number of aliphatic hydroxyl groups is 1. The molecule has 0 aliphatic carbocycles. The Balaban J connectivity index is 2.03. The van der Waals surface area contributed by atoms with Gasteiger partial charge in [0.05, 0.1) is 17.1 Å². The van der Waals surface area contributed by atoms with E-state index >= 15 is 0 Å². The van der Waals surface area contributed by atoms with Gasteiger partial charge < -0.3 is 10.4 Å². The van der Waals surface area contributed by atoms with Gasteiger partial charge in [0, 0.05) is 25.2 Å². The third kappa shape index (κ3) is 3.69. The molecule has 0 aliphatic heterocycles. The molecule has 25 heavy (non-hydrogen) atoms. The molecule has 0 spiro atoms. The third-order valence-electron chi connectivity index (χ3n) is 3.76. The first-order chi connectivity index (χ1) is 12.0. The molecule has 130 valence electrons. The van der Waals surface area contributed by atoms with E-state index in [0.29, 0.717) is 16.9 Å². The van der Waals surface area contributed by atoms with Crippen molar-refractivity contribution in [2.45, 2.75) is 18.6 Å². The molecule has 0 bridgehead atoms. The van der Waals surface area contributed by atoms with Gasteiger partial charge in [-0.05, 0) is 24.1 Å². The highest BCUT2D eigenvalue weighted by molar-refractivity contribution is 5.84. The van der Waals surface area contributed by atoms with Gasteiger partial charge in [0.2, 0.25) is 0 Å². The van der Waals surface area contributed by atoms with Crippen molar-refractivity contribution in [2.75, 3.05) is 11.9 Å². The minimum atomic E-state index is -4.49. The van der Waals surface area contributed by atoms with Crippen LogP contribution < -0.4 is 5.32 Å². The average Bonchev–Trinajstić information content (AvgIpc) is 2.61. The number of hydrogen-bond donors (Lipinski definition) is 2. The lowest BCUT2D eigenvalue weighted by Crippen LogP contribution is -2.19. The van der Waals surface area contributed by atoms with Crippen LogP contribution in [0.1, 0.15) is 23.6 Å². The maximum atomic E-state index is 13.3. The monoisotopic (exact) mass is 348 g/mol. The number of pyridine rings is 1. The Morgan fingerprint density at radius 3 is 2.52 bits per heavy atom. The number of nitrogens with zero attached hydrogens (tertiary/aromatic N) is 3. The predicted molar refractivity (Wildman–Crippen MR) is 86.8 cm³/mol. The van der Waals surface area contributed by atoms with Crippen LogP contribution in [-0.4, -0.2) is 26.7 Å². The van der Waals surface area contributed by atoms with E-state index in [-0.39, 0.29) is 18.6 Å². The number of aromatic nitrogens is 3. The van der Waals surface area contributed by atoms with Crippen molar-refractivity contribution in [1.82, 2.24) is 15.0 Å². The minimum absolute atomic E-state index is 0.0479. The smallest absolute Gasteiger partial charge is 0.396 e. The molecule has 0 amide bonds. The van der Waals surface area contributed by atoms with Crippen LogP contribution in [-0.2, 0) is 6.18 Å². The quantitative estimate of drug-likeness (QED) is 0.737. The second-order valence-electron chi connectivity index (χ2n) is 5.38. The molecular weight excluding hydrogens is 333 g/mol. The summed E-state index contributed by atoms with van der Waals surface area (Å²) in [5, 5.41) is 12.3. The topological polar surface area (TPSA) is 70.9 Å². The molecule has 2 aromatic heterocycles. The molecule has 3 rings (SSSR count). The van der Waals surface area contributed by atoms with E-state index in [2.05, 4.69) is 20.3 Å². The number of halogens is 3. The number of nitrogens with one attached hydrogen (secondary N) is 1. The molecule has 1 unspecified atom stereocenters. The molecule has 2 N–H and O–H groups in total. The van der Waals surface area contributed by atoms with Crippen molar-refractivity contribution < 1.29 is 18.3 Å². The number of rotatable bonds is 5. The summed E-state index contributed by atoms with van der Waals surface area (Å²) in [4.78, 5) is 12.5. The molecule has 5 nitrogen and oxygen atoms in total. The highest BCUT2D eigenvalue weighted by Crippen LogP contribution is 2.36. The summed E-state index contributed by atoms with van der Waals surface area (Å²) >= 11 is 0. The van der Waals surface area contributed by atoms with Crippen molar-refractivity contribution in [3.05, 3.63) is 60.0 Å². The van der Waals surface area contributed by atoms with Crippen molar-refractivity contribution in [2.24, 2.45) is 0 Å². The summed E-state index contributed by atoms with van der Waals surface area (Å²) in [7, 11) is 0. The van der Waals surface area contributed by atoms with Crippen molar-refractivity contribution in [3.8, 4) is 0 Å². The maximum absolute atomic E-state index is 13.3. The van der Waals surface area contributed by atoms with Crippen molar-refractivity contribution in [3.63, 3.8) is 0 Å². The van der Waals surface area contributed by atoms with Gasteiger partial charge in [-0.2, -0.15) is 13.2 Å². The second kappa shape index (κ2) is 7.02. The van der Waals surface area contributed by atoms with Gasteiger partial charge in [0.1, 0.15) is 5.52 Å². The van der Waals surface area contributed by atoms with E-state index in [0.717, 1.165) is 6.07 Å². The molecule has 3 aromatic rings. The first-order valence-corrected chi connectivity index (χ1v) is 7.60. The number of fused-ring (bicyclic) bond motifs is 1.